The molecule has 2 atom stereocenters. The lowest BCUT2D eigenvalue weighted by atomic mass is 10.0. The number of nitrogens with zero attached hydrogens (tertiary/aromatic N) is 3. The van der Waals surface area contributed by atoms with E-state index in [9.17, 15) is 0 Å². The van der Waals surface area contributed by atoms with Crippen molar-refractivity contribution in [3.63, 3.8) is 0 Å². The SMILES string of the molecule is CN(C)c1nccc(NC2CCCC2CN)n1. The number of hydrogen-bond acceptors (Lipinski definition) is 5. The Hall–Kier alpha value is -1.36. The lowest BCUT2D eigenvalue weighted by molar-refractivity contribution is 0.515. The average molecular weight is 235 g/mol. The molecular weight excluding hydrogens is 214 g/mol. The molecule has 5 heteroatoms. The Morgan fingerprint density at radius 1 is 1.47 bits per heavy atom. The second kappa shape index (κ2) is 5.31. The van der Waals surface area contributed by atoms with Gasteiger partial charge in [0, 0.05) is 26.3 Å². The largest absolute Gasteiger partial charge is 0.367 e. The van der Waals surface area contributed by atoms with Crippen LogP contribution in [0.15, 0.2) is 12.3 Å². The second-order valence-electron chi connectivity index (χ2n) is 4.81. The number of rotatable bonds is 4. The number of anilines is 2. The van der Waals surface area contributed by atoms with Gasteiger partial charge in [0.2, 0.25) is 5.95 Å². The number of hydrogen-bond donors (Lipinski definition) is 2. The summed E-state index contributed by atoms with van der Waals surface area (Å²) in [5, 5.41) is 3.48. The van der Waals surface area contributed by atoms with Crippen LogP contribution in [0.25, 0.3) is 0 Å². The van der Waals surface area contributed by atoms with Gasteiger partial charge in [-0.25, -0.2) is 4.98 Å². The van der Waals surface area contributed by atoms with E-state index in [1.165, 1.54) is 19.3 Å². The summed E-state index contributed by atoms with van der Waals surface area (Å²) in [5.41, 5.74) is 5.77. The Balaban J connectivity index is 2.05. The summed E-state index contributed by atoms with van der Waals surface area (Å²) in [5.74, 6) is 2.21. The van der Waals surface area contributed by atoms with Gasteiger partial charge in [-0.1, -0.05) is 6.42 Å². The van der Waals surface area contributed by atoms with Crippen LogP contribution in [0.4, 0.5) is 11.8 Å². The molecule has 1 aliphatic rings. The zero-order valence-electron chi connectivity index (χ0n) is 10.6. The van der Waals surface area contributed by atoms with Gasteiger partial charge in [-0.2, -0.15) is 4.98 Å². The van der Waals surface area contributed by atoms with Crippen molar-refractivity contribution in [3.8, 4) is 0 Å². The van der Waals surface area contributed by atoms with Gasteiger partial charge < -0.3 is 16.0 Å². The smallest absolute Gasteiger partial charge is 0.226 e. The van der Waals surface area contributed by atoms with Crippen LogP contribution in [-0.4, -0.2) is 36.6 Å². The van der Waals surface area contributed by atoms with Crippen LogP contribution in [0.2, 0.25) is 0 Å². The fourth-order valence-electron chi connectivity index (χ4n) is 2.34. The van der Waals surface area contributed by atoms with E-state index < -0.39 is 0 Å². The second-order valence-corrected chi connectivity index (χ2v) is 4.81. The van der Waals surface area contributed by atoms with Crippen molar-refractivity contribution in [2.75, 3.05) is 30.9 Å². The average Bonchev–Trinajstić information content (AvgIpc) is 2.76. The van der Waals surface area contributed by atoms with Crippen LogP contribution in [0.3, 0.4) is 0 Å². The van der Waals surface area contributed by atoms with E-state index in [0.717, 1.165) is 18.3 Å². The molecular formula is C12H21N5. The predicted octanol–water partition coefficient (Wildman–Crippen LogP) is 1.08. The summed E-state index contributed by atoms with van der Waals surface area (Å²) in [6, 6.07) is 2.38. The van der Waals surface area contributed by atoms with Crippen molar-refractivity contribution in [2.45, 2.75) is 25.3 Å². The normalized spacial score (nSPS) is 23.7. The molecule has 0 radical (unpaired) electrons. The van der Waals surface area contributed by atoms with Gasteiger partial charge in [-0.15, -0.1) is 0 Å². The van der Waals surface area contributed by atoms with Crippen molar-refractivity contribution in [1.82, 2.24) is 9.97 Å². The van der Waals surface area contributed by atoms with Crippen molar-refractivity contribution in [3.05, 3.63) is 12.3 Å². The molecule has 1 heterocycles. The van der Waals surface area contributed by atoms with Gasteiger partial charge in [0.25, 0.3) is 0 Å². The van der Waals surface area contributed by atoms with E-state index in [1.807, 2.05) is 25.1 Å². The van der Waals surface area contributed by atoms with E-state index >= 15 is 0 Å². The number of aromatic nitrogens is 2. The monoisotopic (exact) mass is 235 g/mol. The molecule has 0 bridgehead atoms. The fourth-order valence-corrected chi connectivity index (χ4v) is 2.34. The third-order valence-electron chi connectivity index (χ3n) is 3.34. The van der Waals surface area contributed by atoms with Gasteiger partial charge in [0.15, 0.2) is 0 Å². The molecule has 0 aliphatic heterocycles. The Morgan fingerprint density at radius 2 is 2.29 bits per heavy atom. The molecule has 0 amide bonds. The summed E-state index contributed by atoms with van der Waals surface area (Å²) in [6.45, 7) is 0.753. The van der Waals surface area contributed by atoms with Crippen molar-refractivity contribution in [2.24, 2.45) is 11.7 Å². The van der Waals surface area contributed by atoms with Gasteiger partial charge >= 0.3 is 0 Å². The molecule has 1 aromatic rings. The first-order valence-electron chi connectivity index (χ1n) is 6.17. The highest BCUT2D eigenvalue weighted by molar-refractivity contribution is 5.41. The van der Waals surface area contributed by atoms with Crippen LogP contribution in [0.1, 0.15) is 19.3 Å². The fraction of sp³-hybridized carbons (Fsp3) is 0.667. The van der Waals surface area contributed by atoms with E-state index in [-0.39, 0.29) is 0 Å². The third-order valence-corrected chi connectivity index (χ3v) is 3.34. The molecule has 0 aromatic carbocycles. The molecule has 1 aromatic heterocycles. The quantitative estimate of drug-likeness (QED) is 0.817. The van der Waals surface area contributed by atoms with Crippen LogP contribution >= 0.6 is 0 Å². The van der Waals surface area contributed by atoms with Crippen LogP contribution in [-0.2, 0) is 0 Å². The third kappa shape index (κ3) is 2.85. The molecule has 5 nitrogen and oxygen atoms in total. The molecule has 0 saturated heterocycles. The van der Waals surface area contributed by atoms with Gasteiger partial charge in [-0.3, -0.25) is 0 Å². The summed E-state index contributed by atoms with van der Waals surface area (Å²) < 4.78 is 0. The molecule has 17 heavy (non-hydrogen) atoms. The molecule has 0 spiro atoms. The van der Waals surface area contributed by atoms with E-state index in [2.05, 4.69) is 15.3 Å². The Labute approximate surface area is 102 Å². The number of nitrogens with one attached hydrogen (secondary N) is 1. The molecule has 2 unspecified atom stereocenters. The standard InChI is InChI=1S/C12H21N5/c1-17(2)12-14-7-6-11(16-12)15-10-5-3-4-9(10)8-13/h6-7,9-10H,3-5,8,13H2,1-2H3,(H,14,15,16). The topological polar surface area (TPSA) is 67.1 Å². The summed E-state index contributed by atoms with van der Waals surface area (Å²) >= 11 is 0. The molecule has 94 valence electrons. The lowest BCUT2D eigenvalue weighted by Gasteiger charge is -2.20. The molecule has 2 rings (SSSR count). The minimum absolute atomic E-state index is 0.463. The van der Waals surface area contributed by atoms with E-state index in [4.69, 9.17) is 5.73 Å². The first-order chi connectivity index (χ1) is 8.20. The van der Waals surface area contributed by atoms with Crippen molar-refractivity contribution >= 4 is 11.8 Å². The van der Waals surface area contributed by atoms with Crippen LogP contribution in [0.5, 0.6) is 0 Å². The zero-order chi connectivity index (χ0) is 12.3. The molecule has 1 fully saturated rings. The Bertz CT molecular complexity index is 366. The highest BCUT2D eigenvalue weighted by Gasteiger charge is 2.26. The summed E-state index contributed by atoms with van der Waals surface area (Å²) in [7, 11) is 3.88. The maximum Gasteiger partial charge on any atom is 0.226 e. The Kier molecular flexibility index (Phi) is 3.78. The highest BCUT2D eigenvalue weighted by atomic mass is 15.2. The summed E-state index contributed by atoms with van der Waals surface area (Å²) in [6.07, 6.45) is 5.45. The van der Waals surface area contributed by atoms with E-state index in [1.54, 1.807) is 6.20 Å². The first-order valence-corrected chi connectivity index (χ1v) is 6.17. The maximum absolute atomic E-state index is 5.77. The van der Waals surface area contributed by atoms with Crippen molar-refractivity contribution < 1.29 is 0 Å². The minimum atomic E-state index is 0.463. The zero-order valence-corrected chi connectivity index (χ0v) is 10.6. The lowest BCUT2D eigenvalue weighted by Crippen LogP contribution is -2.30. The molecule has 3 N–H and O–H groups in total. The van der Waals surface area contributed by atoms with Gasteiger partial charge in [-0.05, 0) is 31.4 Å². The van der Waals surface area contributed by atoms with Crippen molar-refractivity contribution in [1.29, 1.82) is 0 Å². The van der Waals surface area contributed by atoms with E-state index in [0.29, 0.717) is 12.0 Å². The number of nitrogens with two attached hydrogens (primary N) is 1. The molecule has 1 aliphatic carbocycles. The van der Waals surface area contributed by atoms with Gasteiger partial charge in [0.1, 0.15) is 5.82 Å². The summed E-state index contributed by atoms with van der Waals surface area (Å²) in [4.78, 5) is 10.6. The van der Waals surface area contributed by atoms with Crippen LogP contribution in [0, 0.1) is 5.92 Å². The predicted molar refractivity (Wildman–Crippen MR) is 70.2 cm³/mol. The highest BCUT2D eigenvalue weighted by Crippen LogP contribution is 2.27. The molecule has 1 saturated carbocycles. The Morgan fingerprint density at radius 3 is 3.00 bits per heavy atom. The minimum Gasteiger partial charge on any atom is -0.367 e. The van der Waals surface area contributed by atoms with Gasteiger partial charge in [0.05, 0.1) is 0 Å². The first kappa shape index (κ1) is 12.1. The maximum atomic E-state index is 5.77. The van der Waals surface area contributed by atoms with Crippen LogP contribution < -0.4 is 16.0 Å².